The number of hydrogen-bond donors (Lipinski definition) is 0. The molecular weight excluding hydrogens is 238 g/mol. The molecule has 1 saturated carbocycles. The third-order valence-corrected chi connectivity index (χ3v) is 3.87. The third-order valence-electron chi connectivity index (χ3n) is 3.87. The summed E-state index contributed by atoms with van der Waals surface area (Å²) in [5.41, 5.74) is 0.777. The second kappa shape index (κ2) is 6.38. The molecule has 0 spiro atoms. The minimum absolute atomic E-state index is 0.0699. The first-order chi connectivity index (χ1) is 9.26. The highest BCUT2D eigenvalue weighted by molar-refractivity contribution is 5.90. The van der Waals surface area contributed by atoms with Crippen LogP contribution in [0.25, 0.3) is 0 Å². The van der Waals surface area contributed by atoms with Crippen molar-refractivity contribution >= 4 is 5.78 Å². The van der Waals surface area contributed by atoms with E-state index in [1.165, 1.54) is 6.42 Å². The number of benzene rings is 1. The van der Waals surface area contributed by atoms with E-state index >= 15 is 0 Å². The van der Waals surface area contributed by atoms with E-state index in [4.69, 9.17) is 4.74 Å². The van der Waals surface area contributed by atoms with E-state index in [1.807, 2.05) is 12.1 Å². The summed E-state index contributed by atoms with van der Waals surface area (Å²) in [5.74, 6) is 0.271. The molecule has 0 aliphatic heterocycles. The van der Waals surface area contributed by atoms with Gasteiger partial charge < -0.3 is 4.74 Å². The lowest BCUT2D eigenvalue weighted by Gasteiger charge is -2.22. The van der Waals surface area contributed by atoms with E-state index in [9.17, 15) is 10.1 Å². The van der Waals surface area contributed by atoms with Crippen LogP contribution in [0.5, 0.6) is 5.75 Å². The van der Waals surface area contributed by atoms with Crippen LogP contribution in [0.15, 0.2) is 24.3 Å². The van der Waals surface area contributed by atoms with Gasteiger partial charge in [-0.05, 0) is 30.5 Å². The van der Waals surface area contributed by atoms with Gasteiger partial charge in [-0.1, -0.05) is 31.4 Å². The Morgan fingerprint density at radius 2 is 1.89 bits per heavy atom. The molecule has 0 radical (unpaired) electrons. The smallest absolute Gasteiger partial charge is 0.157 e. The maximum atomic E-state index is 12.4. The SMILES string of the molecule is COc1ccc(C(C#N)C(=O)C2CCCCC2)cc1. The van der Waals surface area contributed by atoms with Crippen LogP contribution >= 0.6 is 0 Å². The lowest BCUT2D eigenvalue weighted by atomic mass is 9.80. The van der Waals surface area contributed by atoms with Gasteiger partial charge in [-0.25, -0.2) is 0 Å². The van der Waals surface area contributed by atoms with Crippen molar-refractivity contribution in [2.24, 2.45) is 5.92 Å². The van der Waals surface area contributed by atoms with Crippen molar-refractivity contribution < 1.29 is 9.53 Å². The normalized spacial score (nSPS) is 17.5. The molecule has 0 N–H and O–H groups in total. The Labute approximate surface area is 114 Å². The average Bonchev–Trinajstić information content (AvgIpc) is 2.49. The second-order valence-electron chi connectivity index (χ2n) is 5.07. The van der Waals surface area contributed by atoms with E-state index in [0.29, 0.717) is 0 Å². The van der Waals surface area contributed by atoms with Crippen LogP contribution in [0.2, 0.25) is 0 Å². The van der Waals surface area contributed by atoms with E-state index in [-0.39, 0.29) is 11.7 Å². The van der Waals surface area contributed by atoms with E-state index in [1.54, 1.807) is 19.2 Å². The molecule has 0 amide bonds. The maximum absolute atomic E-state index is 12.4. The summed E-state index contributed by atoms with van der Waals surface area (Å²) in [6, 6.07) is 9.39. The van der Waals surface area contributed by atoms with Gasteiger partial charge >= 0.3 is 0 Å². The van der Waals surface area contributed by atoms with E-state index < -0.39 is 5.92 Å². The van der Waals surface area contributed by atoms with Gasteiger partial charge in [-0.2, -0.15) is 5.26 Å². The molecular formula is C16H19NO2. The molecule has 1 aromatic rings. The fourth-order valence-corrected chi connectivity index (χ4v) is 2.72. The van der Waals surface area contributed by atoms with Gasteiger partial charge in [-0.15, -0.1) is 0 Å². The summed E-state index contributed by atoms with van der Waals surface area (Å²) in [5, 5.41) is 9.30. The fraction of sp³-hybridized carbons (Fsp3) is 0.500. The van der Waals surface area contributed by atoms with Crippen molar-refractivity contribution in [2.75, 3.05) is 7.11 Å². The minimum Gasteiger partial charge on any atom is -0.497 e. The van der Waals surface area contributed by atoms with Crippen molar-refractivity contribution in [1.82, 2.24) is 0 Å². The molecule has 1 atom stereocenters. The largest absolute Gasteiger partial charge is 0.497 e. The minimum atomic E-state index is -0.631. The van der Waals surface area contributed by atoms with Gasteiger partial charge in [0.15, 0.2) is 5.78 Å². The number of nitrogens with zero attached hydrogens (tertiary/aromatic N) is 1. The number of ketones is 1. The zero-order valence-corrected chi connectivity index (χ0v) is 11.3. The first-order valence-electron chi connectivity index (χ1n) is 6.83. The number of rotatable bonds is 4. The standard InChI is InChI=1S/C16H19NO2/c1-19-14-9-7-12(8-10-14)15(11-17)16(18)13-5-3-2-4-6-13/h7-10,13,15H,2-6H2,1H3. The van der Waals surface area contributed by atoms with E-state index in [0.717, 1.165) is 37.0 Å². The van der Waals surface area contributed by atoms with Crippen molar-refractivity contribution in [3.05, 3.63) is 29.8 Å². The average molecular weight is 257 g/mol. The van der Waals surface area contributed by atoms with Gasteiger partial charge in [0.05, 0.1) is 13.2 Å². The molecule has 0 bridgehead atoms. The predicted molar refractivity (Wildman–Crippen MR) is 72.9 cm³/mol. The summed E-state index contributed by atoms with van der Waals surface area (Å²) in [6.07, 6.45) is 5.30. The summed E-state index contributed by atoms with van der Waals surface area (Å²) in [6.45, 7) is 0. The van der Waals surface area contributed by atoms with Crippen LogP contribution in [-0.2, 0) is 4.79 Å². The first-order valence-corrected chi connectivity index (χ1v) is 6.83. The Kier molecular flexibility index (Phi) is 4.57. The molecule has 0 heterocycles. The van der Waals surface area contributed by atoms with Crippen LogP contribution in [0.1, 0.15) is 43.6 Å². The Morgan fingerprint density at radius 3 is 2.42 bits per heavy atom. The fourth-order valence-electron chi connectivity index (χ4n) is 2.72. The van der Waals surface area contributed by atoms with Crippen LogP contribution < -0.4 is 4.74 Å². The third kappa shape index (κ3) is 3.14. The first kappa shape index (κ1) is 13.6. The molecule has 1 fully saturated rings. The van der Waals surface area contributed by atoms with Gasteiger partial charge in [-0.3, -0.25) is 4.79 Å². The van der Waals surface area contributed by atoms with Gasteiger partial charge in [0.25, 0.3) is 0 Å². The number of methoxy groups -OCH3 is 1. The highest BCUT2D eigenvalue weighted by atomic mass is 16.5. The Morgan fingerprint density at radius 1 is 1.26 bits per heavy atom. The van der Waals surface area contributed by atoms with Crippen LogP contribution in [-0.4, -0.2) is 12.9 Å². The maximum Gasteiger partial charge on any atom is 0.157 e. The highest BCUT2D eigenvalue weighted by Gasteiger charge is 2.29. The zero-order chi connectivity index (χ0) is 13.7. The molecule has 1 aromatic carbocycles. The highest BCUT2D eigenvalue weighted by Crippen LogP contribution is 2.30. The molecule has 3 nitrogen and oxygen atoms in total. The summed E-state index contributed by atoms with van der Waals surface area (Å²) in [7, 11) is 1.60. The Bertz CT molecular complexity index is 467. The zero-order valence-electron chi connectivity index (χ0n) is 11.3. The molecule has 0 aromatic heterocycles. The number of nitriles is 1. The van der Waals surface area contributed by atoms with E-state index in [2.05, 4.69) is 6.07 Å². The Balaban J connectivity index is 2.14. The molecule has 1 unspecified atom stereocenters. The van der Waals surface area contributed by atoms with Crippen molar-refractivity contribution in [1.29, 1.82) is 5.26 Å². The van der Waals surface area contributed by atoms with Crippen molar-refractivity contribution in [3.8, 4) is 11.8 Å². The van der Waals surface area contributed by atoms with Gasteiger partial charge in [0.2, 0.25) is 0 Å². The van der Waals surface area contributed by atoms with Gasteiger partial charge in [0, 0.05) is 5.92 Å². The van der Waals surface area contributed by atoms with Crippen LogP contribution in [0, 0.1) is 17.2 Å². The summed E-state index contributed by atoms with van der Waals surface area (Å²) >= 11 is 0. The number of carbonyl (C=O) groups is 1. The molecule has 1 aliphatic carbocycles. The van der Waals surface area contributed by atoms with Gasteiger partial charge in [0.1, 0.15) is 11.7 Å². The number of Topliss-reactive ketones (excluding diaryl/α,β-unsaturated/α-hetero) is 1. The number of hydrogen-bond acceptors (Lipinski definition) is 3. The molecule has 19 heavy (non-hydrogen) atoms. The summed E-state index contributed by atoms with van der Waals surface area (Å²) < 4.78 is 5.09. The molecule has 3 heteroatoms. The predicted octanol–water partition coefficient (Wildman–Crippen LogP) is 3.45. The van der Waals surface area contributed by atoms with Crippen LogP contribution in [0.3, 0.4) is 0 Å². The Hall–Kier alpha value is -1.82. The van der Waals surface area contributed by atoms with Crippen molar-refractivity contribution in [2.45, 2.75) is 38.0 Å². The molecule has 100 valence electrons. The lowest BCUT2D eigenvalue weighted by molar-refractivity contribution is -0.124. The quantitative estimate of drug-likeness (QED) is 0.830. The van der Waals surface area contributed by atoms with Crippen LogP contribution in [0.4, 0.5) is 0 Å². The molecule has 1 aliphatic rings. The lowest BCUT2D eigenvalue weighted by Crippen LogP contribution is -2.23. The molecule has 0 saturated heterocycles. The molecule has 2 rings (SSSR count). The van der Waals surface area contributed by atoms with Crippen molar-refractivity contribution in [3.63, 3.8) is 0 Å². The number of ether oxygens (including phenoxy) is 1. The summed E-state index contributed by atoms with van der Waals surface area (Å²) in [4.78, 5) is 12.4. The topological polar surface area (TPSA) is 50.1 Å². The monoisotopic (exact) mass is 257 g/mol. The number of carbonyl (C=O) groups excluding carboxylic acids is 1. The second-order valence-corrected chi connectivity index (χ2v) is 5.07.